The van der Waals surface area contributed by atoms with Crippen LogP contribution in [-0.4, -0.2) is 69.2 Å². The lowest BCUT2D eigenvalue weighted by Crippen LogP contribution is -2.49. The number of nitrogens with zero attached hydrogens (tertiary/aromatic N) is 3. The van der Waals surface area contributed by atoms with E-state index in [1.165, 1.54) is 7.11 Å². The summed E-state index contributed by atoms with van der Waals surface area (Å²) in [6.45, 7) is 2.52. The van der Waals surface area contributed by atoms with Gasteiger partial charge in [0.25, 0.3) is 11.8 Å². The average Bonchev–Trinajstić information content (AvgIpc) is 3.00. The van der Waals surface area contributed by atoms with Gasteiger partial charge in [-0.15, -0.1) is 0 Å². The summed E-state index contributed by atoms with van der Waals surface area (Å²) in [7, 11) is 4.68. The van der Waals surface area contributed by atoms with Crippen molar-refractivity contribution in [3.63, 3.8) is 0 Å². The summed E-state index contributed by atoms with van der Waals surface area (Å²) in [4.78, 5) is 34.7. The lowest BCUT2D eigenvalue weighted by atomic mass is 10.1. The van der Waals surface area contributed by atoms with E-state index in [1.807, 2.05) is 53.4 Å². The number of methoxy groups -OCH3 is 3. The van der Waals surface area contributed by atoms with Gasteiger partial charge < -0.3 is 29.3 Å². The van der Waals surface area contributed by atoms with Crippen molar-refractivity contribution >= 4 is 34.1 Å². The van der Waals surface area contributed by atoms with E-state index in [0.29, 0.717) is 60.4 Å². The Balaban J connectivity index is 1.21. The molecule has 1 saturated heterocycles. The van der Waals surface area contributed by atoms with Crippen LogP contribution in [0.4, 0.5) is 11.4 Å². The van der Waals surface area contributed by atoms with Crippen LogP contribution in [0.2, 0.25) is 0 Å². The van der Waals surface area contributed by atoms with Gasteiger partial charge in [-0.1, -0.05) is 12.1 Å². The number of pyridine rings is 1. The maximum atomic E-state index is 13.2. The van der Waals surface area contributed by atoms with Crippen LogP contribution >= 0.6 is 0 Å². The van der Waals surface area contributed by atoms with E-state index < -0.39 is 0 Å². The third-order valence-corrected chi connectivity index (χ3v) is 6.83. The molecular formula is C30H30N4O5. The molecule has 0 radical (unpaired) electrons. The van der Waals surface area contributed by atoms with Crippen molar-refractivity contribution in [3.05, 3.63) is 84.1 Å². The van der Waals surface area contributed by atoms with E-state index in [2.05, 4.69) is 15.2 Å². The largest absolute Gasteiger partial charge is 0.497 e. The standard InChI is InChI=1S/C30H30N4O5/c1-37-22-12-13-24(27(18-22)38-2)29(35)31-20-8-10-21(11-9-20)33-14-16-34(17-15-33)30(36)26-19-28(39-3)23-6-4-5-7-25(23)32-26/h4-13,18-19H,14-17H2,1-3H3,(H,31,35). The zero-order valence-electron chi connectivity index (χ0n) is 22.1. The minimum atomic E-state index is -0.270. The number of fused-ring (bicyclic) bond motifs is 1. The lowest BCUT2D eigenvalue weighted by molar-refractivity contribution is 0.0740. The lowest BCUT2D eigenvalue weighted by Gasteiger charge is -2.36. The number of ether oxygens (including phenoxy) is 3. The van der Waals surface area contributed by atoms with E-state index in [1.54, 1.807) is 38.5 Å². The molecular weight excluding hydrogens is 496 g/mol. The maximum Gasteiger partial charge on any atom is 0.272 e. The molecule has 0 bridgehead atoms. The first kappa shape index (κ1) is 25.8. The molecule has 0 unspecified atom stereocenters. The summed E-state index contributed by atoms with van der Waals surface area (Å²) in [6.07, 6.45) is 0. The molecule has 0 spiro atoms. The average molecular weight is 527 g/mol. The maximum absolute atomic E-state index is 13.2. The Bertz CT molecular complexity index is 1500. The normalized spacial score (nSPS) is 13.2. The predicted molar refractivity (Wildman–Crippen MR) is 150 cm³/mol. The van der Waals surface area contributed by atoms with E-state index >= 15 is 0 Å². The van der Waals surface area contributed by atoms with Crippen molar-refractivity contribution in [1.82, 2.24) is 9.88 Å². The minimum Gasteiger partial charge on any atom is -0.497 e. The van der Waals surface area contributed by atoms with E-state index in [-0.39, 0.29) is 11.8 Å². The number of nitrogens with one attached hydrogen (secondary N) is 1. The number of hydrogen-bond donors (Lipinski definition) is 1. The summed E-state index contributed by atoms with van der Waals surface area (Å²) in [5.41, 5.74) is 3.23. The molecule has 0 atom stereocenters. The van der Waals surface area contributed by atoms with Crippen molar-refractivity contribution in [2.75, 3.05) is 57.7 Å². The number of hydrogen-bond acceptors (Lipinski definition) is 7. The van der Waals surface area contributed by atoms with E-state index in [0.717, 1.165) is 16.6 Å². The number of carbonyl (C=O) groups excluding carboxylic acids is 2. The van der Waals surface area contributed by atoms with Gasteiger partial charge in [0.2, 0.25) is 0 Å². The molecule has 1 aromatic heterocycles. The molecule has 2 amide bonds. The SMILES string of the molecule is COc1ccc(C(=O)Nc2ccc(N3CCN(C(=O)c4cc(OC)c5ccccc5n4)CC3)cc2)c(OC)c1. The van der Waals surface area contributed by atoms with E-state index in [4.69, 9.17) is 14.2 Å². The third-order valence-electron chi connectivity index (χ3n) is 6.83. The molecule has 2 heterocycles. The van der Waals surface area contributed by atoms with Crippen LogP contribution in [-0.2, 0) is 0 Å². The first-order valence-corrected chi connectivity index (χ1v) is 12.6. The molecule has 1 aliphatic rings. The Morgan fingerprint density at radius 3 is 2.21 bits per heavy atom. The van der Waals surface area contributed by atoms with Gasteiger partial charge in [-0.2, -0.15) is 0 Å². The molecule has 4 aromatic rings. The molecule has 9 heteroatoms. The Morgan fingerprint density at radius 2 is 1.51 bits per heavy atom. The second-order valence-corrected chi connectivity index (χ2v) is 9.07. The van der Waals surface area contributed by atoms with Gasteiger partial charge in [-0.25, -0.2) is 4.98 Å². The van der Waals surface area contributed by atoms with Crippen molar-refractivity contribution < 1.29 is 23.8 Å². The van der Waals surface area contributed by atoms with Crippen LogP contribution in [0.25, 0.3) is 10.9 Å². The molecule has 1 N–H and O–H groups in total. The molecule has 5 rings (SSSR count). The van der Waals surface area contributed by atoms with Crippen molar-refractivity contribution in [2.45, 2.75) is 0 Å². The fourth-order valence-electron chi connectivity index (χ4n) is 4.69. The van der Waals surface area contributed by atoms with Crippen molar-refractivity contribution in [2.24, 2.45) is 0 Å². The first-order valence-electron chi connectivity index (χ1n) is 12.6. The molecule has 3 aromatic carbocycles. The van der Waals surface area contributed by atoms with Crippen LogP contribution in [0.15, 0.2) is 72.8 Å². The van der Waals surface area contributed by atoms with Crippen molar-refractivity contribution in [3.8, 4) is 17.2 Å². The quantitative estimate of drug-likeness (QED) is 0.380. The zero-order valence-corrected chi connectivity index (χ0v) is 22.1. The number of rotatable bonds is 7. The van der Waals surface area contributed by atoms with Crippen LogP contribution in [0, 0.1) is 0 Å². The second-order valence-electron chi connectivity index (χ2n) is 9.07. The smallest absolute Gasteiger partial charge is 0.272 e. The summed E-state index contributed by atoms with van der Waals surface area (Å²) < 4.78 is 16.0. The number of anilines is 2. The van der Waals surface area contributed by atoms with Gasteiger partial charge in [-0.05, 0) is 48.5 Å². The van der Waals surface area contributed by atoms with Gasteiger partial charge in [0.15, 0.2) is 0 Å². The number of amides is 2. The molecule has 1 aliphatic heterocycles. The van der Waals surface area contributed by atoms with Gasteiger partial charge in [-0.3, -0.25) is 9.59 Å². The van der Waals surface area contributed by atoms with Crippen molar-refractivity contribution in [1.29, 1.82) is 0 Å². The zero-order chi connectivity index (χ0) is 27.4. The van der Waals surface area contributed by atoms with Gasteiger partial charge in [0.05, 0.1) is 32.4 Å². The number of benzene rings is 3. The molecule has 0 saturated carbocycles. The number of carbonyl (C=O) groups is 2. The first-order chi connectivity index (χ1) is 19.0. The monoisotopic (exact) mass is 526 g/mol. The Hall–Kier alpha value is -4.79. The van der Waals surface area contributed by atoms with Crippen LogP contribution < -0.4 is 24.4 Å². The van der Waals surface area contributed by atoms with Gasteiger partial charge >= 0.3 is 0 Å². The Labute approximate surface area is 226 Å². The fraction of sp³-hybridized carbons (Fsp3) is 0.233. The van der Waals surface area contributed by atoms with Crippen LogP contribution in [0.3, 0.4) is 0 Å². The van der Waals surface area contributed by atoms with Gasteiger partial charge in [0.1, 0.15) is 22.9 Å². The number of aromatic nitrogens is 1. The Kier molecular flexibility index (Phi) is 7.49. The highest BCUT2D eigenvalue weighted by molar-refractivity contribution is 6.06. The van der Waals surface area contributed by atoms with Gasteiger partial charge in [0, 0.05) is 55.1 Å². The number of para-hydroxylation sites is 1. The van der Waals surface area contributed by atoms with Crippen LogP contribution in [0.1, 0.15) is 20.8 Å². The molecule has 200 valence electrons. The highest BCUT2D eigenvalue weighted by Gasteiger charge is 2.24. The molecule has 0 aliphatic carbocycles. The summed E-state index contributed by atoms with van der Waals surface area (Å²) in [5.74, 6) is 1.32. The summed E-state index contributed by atoms with van der Waals surface area (Å²) >= 11 is 0. The van der Waals surface area contributed by atoms with E-state index in [9.17, 15) is 9.59 Å². The molecule has 39 heavy (non-hydrogen) atoms. The van der Waals surface area contributed by atoms with Crippen LogP contribution in [0.5, 0.6) is 17.2 Å². The highest BCUT2D eigenvalue weighted by atomic mass is 16.5. The fourth-order valence-corrected chi connectivity index (χ4v) is 4.69. The minimum absolute atomic E-state index is 0.106. The molecule has 1 fully saturated rings. The third kappa shape index (κ3) is 5.43. The molecule has 9 nitrogen and oxygen atoms in total. The second kappa shape index (κ2) is 11.3. The summed E-state index contributed by atoms with van der Waals surface area (Å²) in [6, 6.07) is 22.1. The number of piperazine rings is 1. The predicted octanol–water partition coefficient (Wildman–Crippen LogP) is 4.48. The highest BCUT2D eigenvalue weighted by Crippen LogP contribution is 2.28. The Morgan fingerprint density at radius 1 is 0.795 bits per heavy atom. The summed E-state index contributed by atoms with van der Waals surface area (Å²) in [5, 5.41) is 3.79. The topological polar surface area (TPSA) is 93.2 Å².